The lowest BCUT2D eigenvalue weighted by Crippen LogP contribution is -2.34. The Hall–Kier alpha value is -3.45. The van der Waals surface area contributed by atoms with E-state index in [1.54, 1.807) is 7.11 Å². The average molecular weight is 417 g/mol. The Kier molecular flexibility index (Phi) is 6.13. The van der Waals surface area contributed by atoms with Crippen LogP contribution in [-0.4, -0.2) is 50.0 Å². The van der Waals surface area contributed by atoms with Gasteiger partial charge in [-0.3, -0.25) is 10.3 Å². The third-order valence-electron chi connectivity index (χ3n) is 5.75. The zero-order chi connectivity index (χ0) is 21.8. The van der Waals surface area contributed by atoms with Crippen LogP contribution >= 0.6 is 0 Å². The molecule has 2 aromatic carbocycles. The van der Waals surface area contributed by atoms with Gasteiger partial charge in [-0.2, -0.15) is 0 Å². The van der Waals surface area contributed by atoms with Gasteiger partial charge in [0, 0.05) is 55.8 Å². The first-order valence-corrected chi connectivity index (χ1v) is 10.4. The Morgan fingerprint density at radius 3 is 2.94 bits per heavy atom. The molecule has 2 aliphatic heterocycles. The average Bonchev–Trinajstić information content (AvgIpc) is 3.19. The van der Waals surface area contributed by atoms with E-state index < -0.39 is 0 Å². The summed E-state index contributed by atoms with van der Waals surface area (Å²) in [5.41, 5.74) is 6.57. The summed E-state index contributed by atoms with van der Waals surface area (Å²) in [6.07, 6.45) is 4.15. The molecule has 4 rings (SSSR count). The van der Waals surface area contributed by atoms with E-state index in [1.807, 2.05) is 31.4 Å². The number of hydrogen-bond acceptors (Lipinski definition) is 5. The highest BCUT2D eigenvalue weighted by Crippen LogP contribution is 2.27. The van der Waals surface area contributed by atoms with Crippen molar-refractivity contribution in [2.75, 3.05) is 27.2 Å². The van der Waals surface area contributed by atoms with Gasteiger partial charge in [-0.25, -0.2) is 4.99 Å². The Balaban J connectivity index is 1.47. The van der Waals surface area contributed by atoms with Crippen molar-refractivity contribution in [1.29, 1.82) is 10.8 Å². The van der Waals surface area contributed by atoms with Crippen LogP contribution in [0.1, 0.15) is 27.8 Å². The molecule has 0 bridgehead atoms. The highest BCUT2D eigenvalue weighted by Gasteiger charge is 2.22. The molecule has 0 saturated heterocycles. The number of rotatable bonds is 6. The third-order valence-corrected chi connectivity index (χ3v) is 5.75. The predicted octanol–water partition coefficient (Wildman–Crippen LogP) is 2.79. The van der Waals surface area contributed by atoms with E-state index >= 15 is 0 Å². The largest absolute Gasteiger partial charge is 0.496 e. The highest BCUT2D eigenvalue weighted by atomic mass is 16.5. The minimum Gasteiger partial charge on any atom is -0.496 e. The van der Waals surface area contributed by atoms with E-state index in [-0.39, 0.29) is 0 Å². The first-order chi connectivity index (χ1) is 15.1. The quantitative estimate of drug-likeness (QED) is 0.430. The molecule has 0 amide bonds. The molecular formula is C24H28N6O. The lowest BCUT2D eigenvalue weighted by atomic mass is 9.95. The van der Waals surface area contributed by atoms with Crippen molar-refractivity contribution < 1.29 is 4.74 Å². The van der Waals surface area contributed by atoms with E-state index in [1.165, 1.54) is 17.3 Å². The molecule has 7 heteroatoms. The van der Waals surface area contributed by atoms with E-state index in [4.69, 9.17) is 15.6 Å². The molecule has 2 aromatic rings. The number of nitrogens with zero attached hydrogens (tertiary/aromatic N) is 2. The molecule has 0 radical (unpaired) electrons. The molecule has 0 spiro atoms. The van der Waals surface area contributed by atoms with E-state index in [9.17, 15) is 0 Å². The number of aliphatic imine (C=N–C) groups is 1. The van der Waals surface area contributed by atoms with Crippen molar-refractivity contribution >= 4 is 23.5 Å². The molecule has 4 N–H and O–H groups in total. The smallest absolute Gasteiger partial charge is 0.137 e. The lowest BCUT2D eigenvalue weighted by molar-refractivity contribution is 0.289. The van der Waals surface area contributed by atoms with Crippen LogP contribution in [0.2, 0.25) is 0 Å². The molecule has 160 valence electrons. The molecule has 2 aliphatic rings. The SMILES string of the molecule is CN/C=C(\C=N)c1ccc2c(c1)CN(CC(=N)/N=C1\NCc3c(OC)cccc31)CC2. The predicted molar refractivity (Wildman–Crippen MR) is 125 cm³/mol. The molecule has 0 aliphatic carbocycles. The van der Waals surface area contributed by atoms with Gasteiger partial charge in [-0.1, -0.05) is 24.3 Å². The van der Waals surface area contributed by atoms with Gasteiger partial charge in [0.05, 0.1) is 13.7 Å². The maximum Gasteiger partial charge on any atom is 0.137 e. The highest BCUT2D eigenvalue weighted by molar-refractivity contribution is 6.09. The molecule has 0 saturated carbocycles. The van der Waals surface area contributed by atoms with Crippen molar-refractivity contribution in [1.82, 2.24) is 15.5 Å². The molecular weight excluding hydrogens is 388 g/mol. The summed E-state index contributed by atoms with van der Waals surface area (Å²) in [4.78, 5) is 6.83. The number of methoxy groups -OCH3 is 1. The molecule has 0 fully saturated rings. The van der Waals surface area contributed by atoms with Crippen LogP contribution in [0, 0.1) is 10.8 Å². The van der Waals surface area contributed by atoms with E-state index in [2.05, 4.69) is 38.7 Å². The van der Waals surface area contributed by atoms with Crippen LogP contribution in [0.25, 0.3) is 5.57 Å². The second-order valence-corrected chi connectivity index (χ2v) is 7.72. The summed E-state index contributed by atoms with van der Waals surface area (Å²) in [6, 6.07) is 12.3. The number of nitrogens with one attached hydrogen (secondary N) is 4. The normalized spacial score (nSPS) is 17.0. The minimum absolute atomic E-state index is 0.341. The van der Waals surface area contributed by atoms with Gasteiger partial charge >= 0.3 is 0 Å². The van der Waals surface area contributed by atoms with Crippen LogP contribution < -0.4 is 15.4 Å². The van der Waals surface area contributed by atoms with Crippen LogP contribution in [0.15, 0.2) is 47.6 Å². The van der Waals surface area contributed by atoms with Crippen molar-refractivity contribution in [3.05, 3.63) is 70.4 Å². The summed E-state index contributed by atoms with van der Waals surface area (Å²) >= 11 is 0. The first kappa shape index (κ1) is 20.8. The van der Waals surface area contributed by atoms with Crippen LogP contribution in [0.3, 0.4) is 0 Å². The number of fused-ring (bicyclic) bond motifs is 2. The van der Waals surface area contributed by atoms with Gasteiger partial charge < -0.3 is 20.8 Å². The molecule has 0 aromatic heterocycles. The zero-order valence-electron chi connectivity index (χ0n) is 18.0. The summed E-state index contributed by atoms with van der Waals surface area (Å²) < 4.78 is 5.44. The van der Waals surface area contributed by atoms with Gasteiger partial charge in [0.2, 0.25) is 0 Å². The topological polar surface area (TPSA) is 96.6 Å². The maximum atomic E-state index is 8.46. The molecule has 0 atom stereocenters. The van der Waals surface area contributed by atoms with Crippen LogP contribution in [-0.2, 0) is 19.5 Å². The molecule has 0 unspecified atom stereocenters. The van der Waals surface area contributed by atoms with Gasteiger partial charge in [0.15, 0.2) is 0 Å². The fourth-order valence-electron chi connectivity index (χ4n) is 4.20. The van der Waals surface area contributed by atoms with Gasteiger partial charge in [-0.15, -0.1) is 0 Å². The maximum absolute atomic E-state index is 8.46. The number of allylic oxidation sites excluding steroid dienone is 1. The first-order valence-electron chi connectivity index (χ1n) is 10.4. The third kappa shape index (κ3) is 4.36. The second-order valence-electron chi connectivity index (χ2n) is 7.72. The Morgan fingerprint density at radius 1 is 1.29 bits per heavy atom. The zero-order valence-corrected chi connectivity index (χ0v) is 18.0. The van der Waals surface area contributed by atoms with Crippen molar-refractivity contribution in [3.8, 4) is 5.75 Å². The lowest BCUT2D eigenvalue weighted by Gasteiger charge is -2.28. The Bertz CT molecular complexity index is 1070. The van der Waals surface area contributed by atoms with Crippen LogP contribution in [0.4, 0.5) is 0 Å². The van der Waals surface area contributed by atoms with Gasteiger partial charge in [0.1, 0.15) is 17.4 Å². The van der Waals surface area contributed by atoms with Crippen molar-refractivity contribution in [2.24, 2.45) is 4.99 Å². The monoisotopic (exact) mass is 416 g/mol. The second kappa shape index (κ2) is 9.14. The van der Waals surface area contributed by atoms with Gasteiger partial charge in [-0.05, 0) is 35.2 Å². The van der Waals surface area contributed by atoms with Gasteiger partial charge in [0.25, 0.3) is 0 Å². The van der Waals surface area contributed by atoms with Crippen molar-refractivity contribution in [3.63, 3.8) is 0 Å². The van der Waals surface area contributed by atoms with Crippen molar-refractivity contribution in [2.45, 2.75) is 19.5 Å². The Morgan fingerprint density at radius 2 is 2.16 bits per heavy atom. The van der Waals surface area contributed by atoms with E-state index in [0.717, 1.165) is 53.4 Å². The summed E-state index contributed by atoms with van der Waals surface area (Å²) in [5.74, 6) is 1.93. The van der Waals surface area contributed by atoms with Crippen LogP contribution in [0.5, 0.6) is 5.75 Å². The summed E-state index contributed by atoms with van der Waals surface area (Å²) in [5, 5.41) is 22.4. The molecule has 2 heterocycles. The molecule has 7 nitrogen and oxygen atoms in total. The number of ether oxygens (including phenoxy) is 1. The number of amidine groups is 2. The molecule has 31 heavy (non-hydrogen) atoms. The fraction of sp³-hybridized carbons (Fsp3) is 0.292. The fourth-order valence-corrected chi connectivity index (χ4v) is 4.20. The number of hydrogen-bond donors (Lipinski definition) is 4. The summed E-state index contributed by atoms with van der Waals surface area (Å²) in [6.45, 7) is 2.85. The minimum atomic E-state index is 0.341. The van der Waals surface area contributed by atoms with E-state index in [0.29, 0.717) is 18.9 Å². The standard InChI is InChI=1S/C24H28N6O/c1-27-12-19(11-25)17-7-6-16-8-9-30(14-18(16)10-17)15-23(26)29-24-20-4-3-5-22(31-2)21(20)13-28-24/h3-7,10-12,25,27H,8-9,13-15H2,1-2H3,(H2,26,28,29)/b19-12+,25-11?. The number of benzene rings is 2. The Labute approximate surface area is 182 Å². The summed E-state index contributed by atoms with van der Waals surface area (Å²) in [7, 11) is 3.51.